The minimum absolute atomic E-state index is 0.0656. The van der Waals surface area contributed by atoms with Crippen LogP contribution in [0.25, 0.3) is 0 Å². The Morgan fingerprint density at radius 3 is 2.54 bits per heavy atom. The number of anilines is 1. The van der Waals surface area contributed by atoms with Crippen LogP contribution in [-0.2, 0) is 0 Å². The Bertz CT molecular complexity index is 284. The van der Waals surface area contributed by atoms with Gasteiger partial charge in [-0.15, -0.1) is 0 Å². The topological polar surface area (TPSA) is 38.0 Å². The van der Waals surface area contributed by atoms with Crippen molar-refractivity contribution in [1.29, 1.82) is 0 Å². The average molecular weight is 243 g/mol. The Hall–Kier alpha value is -0.540. The van der Waals surface area contributed by atoms with E-state index in [1.807, 2.05) is 24.3 Å². The third kappa shape index (κ3) is 3.01. The molecule has 1 aromatic carbocycles. The van der Waals surface area contributed by atoms with Crippen LogP contribution in [0, 0.1) is 0 Å². The van der Waals surface area contributed by atoms with E-state index in [9.17, 15) is 0 Å². The van der Waals surface area contributed by atoms with Crippen LogP contribution in [0.1, 0.15) is 13.8 Å². The van der Waals surface area contributed by atoms with Crippen molar-refractivity contribution >= 4 is 21.6 Å². The summed E-state index contributed by atoms with van der Waals surface area (Å²) in [6.45, 7) is 4.76. The van der Waals surface area contributed by atoms with E-state index in [2.05, 4.69) is 35.1 Å². The van der Waals surface area contributed by atoms with Crippen molar-refractivity contribution in [3.8, 4) is 0 Å². The van der Waals surface area contributed by atoms with Gasteiger partial charge in [0.2, 0.25) is 0 Å². The van der Waals surface area contributed by atoms with Crippen LogP contribution in [0.2, 0.25) is 0 Å². The van der Waals surface area contributed by atoms with E-state index in [0.29, 0.717) is 6.54 Å². The van der Waals surface area contributed by atoms with Crippen LogP contribution in [0.15, 0.2) is 28.7 Å². The van der Waals surface area contributed by atoms with Gasteiger partial charge in [0.1, 0.15) is 0 Å². The minimum atomic E-state index is -0.0656. The lowest BCUT2D eigenvalue weighted by Gasteiger charge is -2.26. The lowest BCUT2D eigenvalue weighted by molar-refractivity contribution is 0.580. The average Bonchev–Trinajstić information content (AvgIpc) is 2.09. The molecule has 0 saturated carbocycles. The summed E-state index contributed by atoms with van der Waals surface area (Å²) in [5.74, 6) is 0. The summed E-state index contributed by atoms with van der Waals surface area (Å²) in [7, 11) is 0. The molecule has 0 bridgehead atoms. The van der Waals surface area contributed by atoms with E-state index >= 15 is 0 Å². The highest BCUT2D eigenvalue weighted by atomic mass is 79.9. The van der Waals surface area contributed by atoms with Crippen LogP contribution in [0.5, 0.6) is 0 Å². The van der Waals surface area contributed by atoms with Crippen molar-refractivity contribution in [2.24, 2.45) is 5.73 Å². The molecule has 0 aliphatic carbocycles. The van der Waals surface area contributed by atoms with Gasteiger partial charge in [-0.05, 0) is 41.9 Å². The first-order valence-corrected chi connectivity index (χ1v) is 5.07. The fourth-order valence-corrected chi connectivity index (χ4v) is 1.36. The zero-order valence-electron chi connectivity index (χ0n) is 7.97. The zero-order chi connectivity index (χ0) is 9.90. The number of hydrogen-bond acceptors (Lipinski definition) is 2. The SMILES string of the molecule is CC(C)(CN)Nc1ccccc1Br. The molecule has 0 aliphatic rings. The van der Waals surface area contributed by atoms with Crippen molar-refractivity contribution in [1.82, 2.24) is 0 Å². The largest absolute Gasteiger partial charge is 0.378 e. The Kier molecular flexibility index (Phi) is 3.33. The van der Waals surface area contributed by atoms with Crippen LogP contribution in [0.4, 0.5) is 5.69 Å². The fourth-order valence-electron chi connectivity index (χ4n) is 0.978. The number of rotatable bonds is 3. The second-order valence-electron chi connectivity index (χ2n) is 3.69. The summed E-state index contributed by atoms with van der Waals surface area (Å²) >= 11 is 3.47. The van der Waals surface area contributed by atoms with Crippen LogP contribution < -0.4 is 11.1 Å². The van der Waals surface area contributed by atoms with Gasteiger partial charge in [0.15, 0.2) is 0 Å². The molecule has 72 valence electrons. The summed E-state index contributed by atoms with van der Waals surface area (Å²) in [6, 6.07) is 8.03. The standard InChI is InChI=1S/C10H15BrN2/c1-10(2,7-12)13-9-6-4-3-5-8(9)11/h3-6,13H,7,12H2,1-2H3. The zero-order valence-corrected chi connectivity index (χ0v) is 9.56. The number of halogens is 1. The summed E-state index contributed by atoms with van der Waals surface area (Å²) in [5, 5.41) is 3.36. The van der Waals surface area contributed by atoms with E-state index in [4.69, 9.17) is 5.73 Å². The van der Waals surface area contributed by atoms with E-state index in [1.54, 1.807) is 0 Å². The Morgan fingerprint density at radius 2 is 2.00 bits per heavy atom. The molecule has 3 N–H and O–H groups in total. The van der Waals surface area contributed by atoms with Crippen LogP contribution in [0.3, 0.4) is 0 Å². The van der Waals surface area contributed by atoms with Gasteiger partial charge in [-0.3, -0.25) is 0 Å². The highest BCUT2D eigenvalue weighted by Gasteiger charge is 2.15. The van der Waals surface area contributed by atoms with E-state index in [1.165, 1.54) is 0 Å². The lowest BCUT2D eigenvalue weighted by Crippen LogP contribution is -2.39. The normalized spacial score (nSPS) is 11.4. The maximum Gasteiger partial charge on any atom is 0.0489 e. The maximum absolute atomic E-state index is 5.63. The quantitative estimate of drug-likeness (QED) is 0.856. The Labute approximate surface area is 87.6 Å². The first kappa shape index (κ1) is 10.5. The van der Waals surface area contributed by atoms with Crippen LogP contribution in [-0.4, -0.2) is 12.1 Å². The fraction of sp³-hybridized carbons (Fsp3) is 0.400. The second kappa shape index (κ2) is 4.11. The number of benzene rings is 1. The molecular formula is C10H15BrN2. The van der Waals surface area contributed by atoms with Gasteiger partial charge in [-0.25, -0.2) is 0 Å². The minimum Gasteiger partial charge on any atom is -0.378 e. The summed E-state index contributed by atoms with van der Waals surface area (Å²) in [5.41, 5.74) is 6.64. The molecule has 1 rings (SSSR count). The van der Waals surface area contributed by atoms with Crippen molar-refractivity contribution in [2.45, 2.75) is 19.4 Å². The maximum atomic E-state index is 5.63. The highest BCUT2D eigenvalue weighted by Crippen LogP contribution is 2.24. The van der Waals surface area contributed by atoms with Crippen molar-refractivity contribution in [2.75, 3.05) is 11.9 Å². The molecule has 0 spiro atoms. The van der Waals surface area contributed by atoms with E-state index < -0.39 is 0 Å². The predicted molar refractivity (Wildman–Crippen MR) is 60.9 cm³/mol. The smallest absolute Gasteiger partial charge is 0.0489 e. The molecule has 0 aromatic heterocycles. The van der Waals surface area contributed by atoms with Crippen molar-refractivity contribution in [3.63, 3.8) is 0 Å². The van der Waals surface area contributed by atoms with Gasteiger partial charge < -0.3 is 11.1 Å². The summed E-state index contributed by atoms with van der Waals surface area (Å²) in [4.78, 5) is 0. The van der Waals surface area contributed by atoms with Crippen LogP contribution >= 0.6 is 15.9 Å². The molecule has 3 heteroatoms. The molecule has 0 unspecified atom stereocenters. The molecule has 0 atom stereocenters. The molecule has 0 saturated heterocycles. The molecule has 1 aromatic rings. The molecule has 13 heavy (non-hydrogen) atoms. The molecule has 0 heterocycles. The number of hydrogen-bond donors (Lipinski definition) is 2. The predicted octanol–water partition coefficient (Wildman–Crippen LogP) is 2.60. The first-order valence-electron chi connectivity index (χ1n) is 4.28. The van der Waals surface area contributed by atoms with Gasteiger partial charge in [0.25, 0.3) is 0 Å². The number of para-hydroxylation sites is 1. The molecular weight excluding hydrogens is 228 g/mol. The third-order valence-corrected chi connectivity index (χ3v) is 2.55. The summed E-state index contributed by atoms with van der Waals surface area (Å²) < 4.78 is 1.07. The van der Waals surface area contributed by atoms with Gasteiger partial charge in [0.05, 0.1) is 0 Å². The molecule has 0 fully saturated rings. The monoisotopic (exact) mass is 242 g/mol. The Morgan fingerprint density at radius 1 is 1.38 bits per heavy atom. The molecule has 0 aliphatic heterocycles. The molecule has 0 radical (unpaired) electrons. The summed E-state index contributed by atoms with van der Waals surface area (Å²) in [6.07, 6.45) is 0. The van der Waals surface area contributed by atoms with Crippen molar-refractivity contribution in [3.05, 3.63) is 28.7 Å². The number of nitrogens with one attached hydrogen (secondary N) is 1. The van der Waals surface area contributed by atoms with Gasteiger partial charge in [-0.2, -0.15) is 0 Å². The third-order valence-electron chi connectivity index (χ3n) is 1.86. The van der Waals surface area contributed by atoms with E-state index in [-0.39, 0.29) is 5.54 Å². The molecule has 0 amide bonds. The first-order chi connectivity index (χ1) is 6.05. The van der Waals surface area contributed by atoms with Crippen molar-refractivity contribution < 1.29 is 0 Å². The van der Waals surface area contributed by atoms with E-state index in [0.717, 1.165) is 10.2 Å². The highest BCUT2D eigenvalue weighted by molar-refractivity contribution is 9.10. The van der Waals surface area contributed by atoms with Gasteiger partial charge in [-0.1, -0.05) is 12.1 Å². The van der Waals surface area contributed by atoms with Gasteiger partial charge in [0, 0.05) is 22.2 Å². The van der Waals surface area contributed by atoms with Gasteiger partial charge >= 0.3 is 0 Å². The second-order valence-corrected chi connectivity index (χ2v) is 4.55. The number of nitrogens with two attached hydrogens (primary N) is 1. The lowest BCUT2D eigenvalue weighted by atomic mass is 10.1. The molecule has 2 nitrogen and oxygen atoms in total. The Balaban J connectivity index is 2.80.